The summed E-state index contributed by atoms with van der Waals surface area (Å²) in [6.45, 7) is 0.628. The first-order valence-corrected chi connectivity index (χ1v) is 9.21. The smallest absolute Gasteiger partial charge is 0.262 e. The molecule has 2 heterocycles. The topological polar surface area (TPSA) is 70.0 Å². The average Bonchev–Trinajstić information content (AvgIpc) is 3.14. The molecule has 0 unspecified atom stereocenters. The molecule has 0 bridgehead atoms. The van der Waals surface area contributed by atoms with Crippen LogP contribution < -0.4 is 9.64 Å². The van der Waals surface area contributed by atoms with Crippen LogP contribution in [0, 0.1) is 0 Å². The van der Waals surface area contributed by atoms with Gasteiger partial charge in [-0.1, -0.05) is 18.2 Å². The van der Waals surface area contributed by atoms with E-state index in [9.17, 15) is 13.9 Å². The number of hydrogen-bond donors (Lipinski definition) is 2. The fourth-order valence-corrected chi connectivity index (χ4v) is 4.55. The van der Waals surface area contributed by atoms with Crippen molar-refractivity contribution in [3.05, 3.63) is 58.5 Å². The van der Waals surface area contributed by atoms with E-state index in [4.69, 9.17) is 4.74 Å². The molecule has 6 heteroatoms. The standard InChI is InChI=1S/C18H17NO4S/c1-23-17-13-9-11-24(21,22)16(13)7-6-14(17)18(20)19-10-8-12-4-2-3-5-15(12)19/h2-7,9,11,21-22H,8,10H2,1H3. The number of carbonyl (C=O) groups is 1. The minimum atomic E-state index is -2.93. The van der Waals surface area contributed by atoms with Crippen molar-refractivity contribution in [3.63, 3.8) is 0 Å². The maximum Gasteiger partial charge on any atom is 0.262 e. The number of nitrogens with zero attached hydrogens (tertiary/aromatic N) is 1. The molecular weight excluding hydrogens is 326 g/mol. The Morgan fingerprint density at radius 1 is 1.21 bits per heavy atom. The third-order valence-corrected chi connectivity index (χ3v) is 5.99. The Bertz CT molecular complexity index is 875. The van der Waals surface area contributed by atoms with Gasteiger partial charge in [0.15, 0.2) is 0 Å². The number of fused-ring (bicyclic) bond motifs is 2. The molecule has 2 aromatic rings. The molecule has 0 aliphatic carbocycles. The van der Waals surface area contributed by atoms with Crippen molar-refractivity contribution in [1.82, 2.24) is 0 Å². The molecule has 0 aromatic heterocycles. The Hall–Kier alpha value is -2.28. The second kappa shape index (κ2) is 5.37. The molecule has 4 rings (SSSR count). The number of rotatable bonds is 2. The van der Waals surface area contributed by atoms with Gasteiger partial charge in [0.2, 0.25) is 0 Å². The van der Waals surface area contributed by atoms with E-state index >= 15 is 0 Å². The number of benzene rings is 2. The van der Waals surface area contributed by atoms with Gasteiger partial charge in [-0.05, 0) is 36.3 Å². The first-order chi connectivity index (χ1) is 11.5. The Morgan fingerprint density at radius 2 is 2.00 bits per heavy atom. The summed E-state index contributed by atoms with van der Waals surface area (Å²) in [6, 6.07) is 11.1. The van der Waals surface area contributed by atoms with Crippen LogP contribution in [-0.2, 0) is 6.42 Å². The van der Waals surface area contributed by atoms with Gasteiger partial charge >= 0.3 is 0 Å². The summed E-state index contributed by atoms with van der Waals surface area (Å²) in [4.78, 5) is 15.2. The number of amides is 1. The van der Waals surface area contributed by atoms with Crippen molar-refractivity contribution in [2.24, 2.45) is 0 Å². The predicted octanol–water partition coefficient (Wildman–Crippen LogP) is 3.99. The van der Waals surface area contributed by atoms with Crippen LogP contribution in [0.4, 0.5) is 5.69 Å². The number of para-hydroxylation sites is 1. The second-order valence-corrected chi connectivity index (χ2v) is 7.69. The molecule has 0 atom stereocenters. The summed E-state index contributed by atoms with van der Waals surface area (Å²) in [5.41, 5.74) is 3.07. The number of methoxy groups -OCH3 is 1. The number of carbonyl (C=O) groups excluding carboxylic acids is 1. The minimum absolute atomic E-state index is 0.142. The zero-order valence-corrected chi connectivity index (χ0v) is 13.9. The van der Waals surface area contributed by atoms with Gasteiger partial charge in [0, 0.05) is 23.2 Å². The zero-order chi connectivity index (χ0) is 16.9. The maximum absolute atomic E-state index is 13.1. The van der Waals surface area contributed by atoms with E-state index in [1.54, 1.807) is 23.1 Å². The van der Waals surface area contributed by atoms with Crippen LogP contribution in [-0.4, -0.2) is 28.7 Å². The van der Waals surface area contributed by atoms with Crippen LogP contribution in [0.2, 0.25) is 0 Å². The first-order valence-electron chi connectivity index (χ1n) is 7.60. The third kappa shape index (κ3) is 2.15. The molecule has 0 radical (unpaired) electrons. The molecule has 2 aliphatic rings. The van der Waals surface area contributed by atoms with Gasteiger partial charge in [-0.15, -0.1) is 10.6 Å². The summed E-state index contributed by atoms with van der Waals surface area (Å²) in [5.74, 6) is 0.243. The highest BCUT2D eigenvalue weighted by molar-refractivity contribution is 8.27. The van der Waals surface area contributed by atoms with Gasteiger partial charge < -0.3 is 9.64 Å². The summed E-state index contributed by atoms with van der Waals surface area (Å²) >= 11 is 0. The normalized spacial score (nSPS) is 18.2. The van der Waals surface area contributed by atoms with Crippen molar-refractivity contribution >= 4 is 28.3 Å². The van der Waals surface area contributed by atoms with Gasteiger partial charge in [-0.3, -0.25) is 13.9 Å². The van der Waals surface area contributed by atoms with E-state index in [-0.39, 0.29) is 5.91 Å². The van der Waals surface area contributed by atoms with Crippen molar-refractivity contribution < 1.29 is 18.6 Å². The van der Waals surface area contributed by atoms with Gasteiger partial charge in [0.05, 0.1) is 17.6 Å². The first kappa shape index (κ1) is 15.3. The van der Waals surface area contributed by atoms with Gasteiger partial charge in [-0.25, -0.2) is 0 Å². The maximum atomic E-state index is 13.1. The van der Waals surface area contributed by atoms with Crippen LogP contribution in [0.3, 0.4) is 0 Å². The largest absolute Gasteiger partial charge is 0.495 e. The fraction of sp³-hybridized carbons (Fsp3) is 0.167. The van der Waals surface area contributed by atoms with Crippen LogP contribution >= 0.6 is 10.6 Å². The lowest BCUT2D eigenvalue weighted by Crippen LogP contribution is -2.29. The summed E-state index contributed by atoms with van der Waals surface area (Å²) < 4.78 is 25.5. The molecule has 124 valence electrons. The van der Waals surface area contributed by atoms with E-state index in [0.717, 1.165) is 17.7 Å². The molecule has 24 heavy (non-hydrogen) atoms. The van der Waals surface area contributed by atoms with Crippen LogP contribution in [0.1, 0.15) is 21.5 Å². The summed E-state index contributed by atoms with van der Waals surface area (Å²) in [6.07, 6.45) is 2.44. The van der Waals surface area contributed by atoms with E-state index < -0.39 is 10.6 Å². The van der Waals surface area contributed by atoms with Crippen molar-refractivity contribution in [1.29, 1.82) is 0 Å². The van der Waals surface area contributed by atoms with E-state index in [2.05, 4.69) is 0 Å². The predicted molar refractivity (Wildman–Crippen MR) is 95.0 cm³/mol. The lowest BCUT2D eigenvalue weighted by molar-refractivity contribution is 0.0986. The quantitative estimate of drug-likeness (QED) is 0.865. The second-order valence-electron chi connectivity index (χ2n) is 5.79. The van der Waals surface area contributed by atoms with E-state index in [1.807, 2.05) is 24.3 Å². The lowest BCUT2D eigenvalue weighted by atomic mass is 10.1. The van der Waals surface area contributed by atoms with Gasteiger partial charge in [0.1, 0.15) is 5.75 Å². The molecule has 2 aliphatic heterocycles. The van der Waals surface area contributed by atoms with Gasteiger partial charge in [-0.2, -0.15) is 0 Å². The molecule has 0 saturated heterocycles. The average molecular weight is 343 g/mol. The molecular formula is C18H17NO4S. The van der Waals surface area contributed by atoms with Crippen molar-refractivity contribution in [2.75, 3.05) is 18.6 Å². The molecule has 2 N–H and O–H groups in total. The SMILES string of the molecule is COc1c(C(=O)N2CCc3ccccc32)ccc2c1C=CS2(O)O. The highest BCUT2D eigenvalue weighted by Gasteiger charge is 2.31. The van der Waals surface area contributed by atoms with E-state index in [0.29, 0.717) is 28.3 Å². The van der Waals surface area contributed by atoms with E-state index in [1.165, 1.54) is 12.5 Å². The van der Waals surface area contributed by atoms with Crippen molar-refractivity contribution in [2.45, 2.75) is 11.3 Å². The molecule has 2 aromatic carbocycles. The highest BCUT2D eigenvalue weighted by atomic mass is 32.3. The van der Waals surface area contributed by atoms with Crippen LogP contribution in [0.15, 0.2) is 46.7 Å². The highest BCUT2D eigenvalue weighted by Crippen LogP contribution is 2.58. The van der Waals surface area contributed by atoms with Crippen LogP contribution in [0.5, 0.6) is 5.75 Å². The molecule has 0 fully saturated rings. The van der Waals surface area contributed by atoms with Crippen molar-refractivity contribution in [3.8, 4) is 5.75 Å². The monoisotopic (exact) mass is 343 g/mol. The third-order valence-electron chi connectivity index (χ3n) is 4.47. The Labute approximate surface area is 141 Å². The zero-order valence-electron chi connectivity index (χ0n) is 13.1. The minimum Gasteiger partial charge on any atom is -0.495 e. The van der Waals surface area contributed by atoms with Crippen LogP contribution in [0.25, 0.3) is 6.08 Å². The number of anilines is 1. The number of ether oxygens (including phenoxy) is 1. The molecule has 0 saturated carbocycles. The molecule has 5 nitrogen and oxygen atoms in total. The Morgan fingerprint density at radius 3 is 2.79 bits per heavy atom. The number of hydrogen-bond acceptors (Lipinski definition) is 4. The Kier molecular flexibility index (Phi) is 3.42. The summed E-state index contributed by atoms with van der Waals surface area (Å²) in [5, 5.41) is 1.36. The molecule has 0 spiro atoms. The fourth-order valence-electron chi connectivity index (χ4n) is 3.32. The Balaban J connectivity index is 1.79. The molecule has 1 amide bonds. The summed E-state index contributed by atoms with van der Waals surface area (Å²) in [7, 11) is -1.45. The van der Waals surface area contributed by atoms with Gasteiger partial charge in [0.25, 0.3) is 5.91 Å². The lowest BCUT2D eigenvalue weighted by Gasteiger charge is -2.26.